The van der Waals surface area contributed by atoms with E-state index in [-0.39, 0.29) is 74.4 Å². The number of nitrogens with zero attached hydrogens (tertiary/aromatic N) is 8. The first-order valence-electron chi connectivity index (χ1n) is 32.0. The number of cyclic esters (lactones) is 1. The lowest BCUT2D eigenvalue weighted by atomic mass is 9.86. The maximum absolute atomic E-state index is 14.1. The fourth-order valence-electron chi connectivity index (χ4n) is 11.4. The van der Waals surface area contributed by atoms with Crippen LogP contribution in [0.2, 0.25) is 0 Å². The van der Waals surface area contributed by atoms with Crippen LogP contribution in [0.4, 0.5) is 0 Å². The van der Waals surface area contributed by atoms with Gasteiger partial charge in [0.2, 0.25) is 29.9 Å². The number of fused-ring (bicyclic) bond motifs is 6. The van der Waals surface area contributed by atoms with Crippen LogP contribution in [0.1, 0.15) is 174 Å². The predicted octanol–water partition coefficient (Wildman–Crippen LogP) is 8.09. The minimum Gasteiger partial charge on any atom is -0.458 e. The first kappa shape index (κ1) is 67.6. The zero-order valence-corrected chi connectivity index (χ0v) is 53.8. The molecule has 5 N–H and O–H groups in total. The lowest BCUT2D eigenvalue weighted by molar-refractivity contribution is -0.172. The fourth-order valence-corrected chi connectivity index (χ4v) is 12.3. The molecule has 7 heterocycles. The molecule has 89 heavy (non-hydrogen) atoms. The third-order valence-electron chi connectivity index (χ3n) is 16.5. The Morgan fingerprint density at radius 2 is 1.62 bits per heavy atom. The Labute approximate surface area is 525 Å². The summed E-state index contributed by atoms with van der Waals surface area (Å²) in [5.41, 5.74) is 2.57. The molecule has 0 fully saturated rings. The lowest BCUT2D eigenvalue weighted by Crippen LogP contribution is -2.56. The summed E-state index contributed by atoms with van der Waals surface area (Å²) in [6.07, 6.45) is 19.5. The fraction of sp³-hybridized carbons (Fsp3) is 0.585. The summed E-state index contributed by atoms with van der Waals surface area (Å²) < 4.78 is 26.9. The van der Waals surface area contributed by atoms with Gasteiger partial charge in [-0.3, -0.25) is 28.7 Å². The molecule has 3 aliphatic rings. The number of unbranched alkanes of at least 4 members (excludes halogenated alkanes) is 4. The molecule has 0 bridgehead atoms. The van der Waals surface area contributed by atoms with Gasteiger partial charge in [0.15, 0.2) is 22.3 Å². The average molecular weight is 1250 g/mol. The number of ether oxygens (including phenoxy) is 4. The van der Waals surface area contributed by atoms with Crippen molar-refractivity contribution in [3.63, 3.8) is 0 Å². The lowest BCUT2D eigenvalue weighted by Gasteiger charge is -2.31. The van der Waals surface area contributed by atoms with Gasteiger partial charge in [0.25, 0.3) is 5.56 Å². The van der Waals surface area contributed by atoms with Crippen molar-refractivity contribution >= 4 is 58.3 Å². The molecule has 8 rings (SSSR count). The first-order valence-corrected chi connectivity index (χ1v) is 32.9. The topological polar surface area (TPSA) is 285 Å². The van der Waals surface area contributed by atoms with E-state index in [1.54, 1.807) is 52.5 Å². The summed E-state index contributed by atoms with van der Waals surface area (Å²) in [5.74, 6) is -1.75. The normalized spacial score (nSPS) is 16.4. The number of nitrogens with one attached hydrogen (secondary N) is 4. The summed E-state index contributed by atoms with van der Waals surface area (Å²) in [5, 5.41) is 33.3. The second-order valence-electron chi connectivity index (χ2n) is 23.5. The Balaban J connectivity index is 0.844. The van der Waals surface area contributed by atoms with Crippen LogP contribution in [0.25, 0.3) is 39.6 Å². The first-order chi connectivity index (χ1) is 43.0. The molecular weight excluding hydrogens is 1160 g/mol. The van der Waals surface area contributed by atoms with Crippen molar-refractivity contribution in [2.45, 2.75) is 206 Å². The highest BCUT2D eigenvalue weighted by molar-refractivity contribution is 7.99. The molecular formula is C65H90N12O11S. The third-order valence-corrected chi connectivity index (χ3v) is 18.0. The standard InChI is InChI=1S/C65H90N12O11S/c1-9-15-25-57-87-53-31-45-44(46-37-77-52(59(46)70-50(45)33-54(53)88-57)32-48-47(62(77)82)39-86-63(83)65(48,84)14-6)22-21-30-85-40-69-56(79)36-66-60(80)49(23-18-20-28-75(26-10-2)27-11-3)71-61(81)58(41(7)8)72-55(78)24-17-16-19-29-76-38-51(73-74-76)42-34-67-64(68-35-42)89-43(12-4)13-5/h21-22,31-35,38,41,43,49,57-58,84H,9-20,23-30,36-37,39-40H2,1-8H3,(H,66,80)(H,69,79)(H,71,81)(H,72,78)/b22-21+/t49-,57?,58-,65-/m0/s1. The van der Waals surface area contributed by atoms with E-state index < -0.39 is 47.7 Å². The van der Waals surface area contributed by atoms with Gasteiger partial charge in [-0.05, 0) is 114 Å². The van der Waals surface area contributed by atoms with Gasteiger partial charge in [-0.15, -0.1) is 5.10 Å². The Morgan fingerprint density at radius 1 is 0.865 bits per heavy atom. The number of hydrogen-bond donors (Lipinski definition) is 5. The monoisotopic (exact) mass is 1250 g/mol. The summed E-state index contributed by atoms with van der Waals surface area (Å²) >= 11 is 1.68. The Kier molecular flexibility index (Phi) is 24.7. The van der Waals surface area contributed by atoms with Crippen molar-refractivity contribution in [3.05, 3.63) is 75.5 Å². The van der Waals surface area contributed by atoms with E-state index in [0.717, 1.165) is 105 Å². The second kappa shape index (κ2) is 32.5. The maximum Gasteiger partial charge on any atom is 0.343 e. The highest BCUT2D eigenvalue weighted by Crippen LogP contribution is 2.45. The van der Waals surface area contributed by atoms with Crippen molar-refractivity contribution in [1.29, 1.82) is 0 Å². The highest BCUT2D eigenvalue weighted by atomic mass is 32.2. The molecule has 24 heteroatoms. The van der Waals surface area contributed by atoms with Crippen LogP contribution in [0.3, 0.4) is 0 Å². The smallest absolute Gasteiger partial charge is 0.343 e. The van der Waals surface area contributed by atoms with E-state index in [1.165, 1.54) is 0 Å². The van der Waals surface area contributed by atoms with Crippen LogP contribution in [-0.4, -0.2) is 137 Å². The number of hydrogen-bond acceptors (Lipinski definition) is 18. The van der Waals surface area contributed by atoms with Crippen molar-refractivity contribution in [2.24, 2.45) is 5.92 Å². The molecule has 0 radical (unpaired) electrons. The quantitative estimate of drug-likeness (QED) is 0.00816. The van der Waals surface area contributed by atoms with Crippen LogP contribution in [0, 0.1) is 5.92 Å². The molecule has 4 amide bonds. The molecule has 482 valence electrons. The molecule has 0 saturated heterocycles. The van der Waals surface area contributed by atoms with Crippen molar-refractivity contribution in [3.8, 4) is 34.1 Å². The Bertz CT molecular complexity index is 3340. The second-order valence-corrected chi connectivity index (χ2v) is 24.8. The van der Waals surface area contributed by atoms with Crippen LogP contribution in [0.15, 0.2) is 52.8 Å². The molecule has 0 saturated carbocycles. The van der Waals surface area contributed by atoms with E-state index in [0.29, 0.717) is 71.6 Å². The molecule has 4 atom stereocenters. The molecule has 23 nitrogen and oxygen atoms in total. The van der Waals surface area contributed by atoms with Gasteiger partial charge in [0.1, 0.15) is 31.1 Å². The molecule has 4 aromatic heterocycles. The number of thioether (sulfide) groups is 1. The number of aromatic nitrogens is 7. The van der Waals surface area contributed by atoms with E-state index in [9.17, 15) is 33.9 Å². The van der Waals surface area contributed by atoms with Gasteiger partial charge in [-0.25, -0.2) is 19.7 Å². The average Bonchev–Trinajstić information content (AvgIpc) is 1.66. The molecule has 0 aliphatic carbocycles. The van der Waals surface area contributed by atoms with E-state index in [4.69, 9.17) is 23.9 Å². The molecule has 5 aromatic rings. The van der Waals surface area contributed by atoms with Crippen LogP contribution in [0.5, 0.6) is 11.5 Å². The maximum atomic E-state index is 14.1. The predicted molar refractivity (Wildman–Crippen MR) is 339 cm³/mol. The number of esters is 1. The van der Waals surface area contributed by atoms with Crippen molar-refractivity contribution < 1.29 is 48.0 Å². The van der Waals surface area contributed by atoms with Crippen molar-refractivity contribution in [1.82, 2.24) is 60.7 Å². The van der Waals surface area contributed by atoms with Gasteiger partial charge in [-0.1, -0.05) is 97.4 Å². The molecule has 3 aliphatic heterocycles. The van der Waals surface area contributed by atoms with Gasteiger partial charge < -0.3 is 54.8 Å². The number of carbonyl (C=O) groups excluding carboxylic acids is 5. The van der Waals surface area contributed by atoms with Gasteiger partial charge in [-0.2, -0.15) is 0 Å². The molecule has 1 aromatic carbocycles. The minimum atomic E-state index is -1.99. The summed E-state index contributed by atoms with van der Waals surface area (Å²) in [6, 6.07) is 3.52. The third kappa shape index (κ3) is 17.2. The number of rotatable bonds is 36. The zero-order valence-electron chi connectivity index (χ0n) is 53.0. The Morgan fingerprint density at radius 3 is 2.33 bits per heavy atom. The Hall–Kier alpha value is -7.28. The van der Waals surface area contributed by atoms with Crippen LogP contribution < -0.4 is 36.3 Å². The van der Waals surface area contributed by atoms with Crippen LogP contribution in [-0.2, 0) is 58.7 Å². The number of aryl methyl sites for hydroxylation is 1. The van der Waals surface area contributed by atoms with E-state index in [2.05, 4.69) is 81.1 Å². The van der Waals surface area contributed by atoms with Gasteiger partial charge in [0.05, 0.1) is 48.4 Å². The molecule has 0 spiro atoms. The van der Waals surface area contributed by atoms with E-state index in [1.807, 2.05) is 38.3 Å². The number of pyridine rings is 2. The number of carbonyl (C=O) groups is 5. The summed E-state index contributed by atoms with van der Waals surface area (Å²) in [7, 11) is 0. The van der Waals surface area contributed by atoms with Gasteiger partial charge >= 0.3 is 5.97 Å². The molecule has 1 unspecified atom stereocenters. The van der Waals surface area contributed by atoms with E-state index >= 15 is 0 Å². The van der Waals surface area contributed by atoms with Gasteiger partial charge in [0, 0.05) is 65.2 Å². The number of aliphatic hydroxyl groups is 1. The summed E-state index contributed by atoms with van der Waals surface area (Å²) in [6.45, 7) is 18.9. The van der Waals surface area contributed by atoms with Crippen LogP contribution >= 0.6 is 11.8 Å². The SMILES string of the molecule is CCCCC1Oc2cc3nc4c(c(/C=C/COCNC(=O)CNC(=O)[C@H](CCCCN(CCC)CCC)NC(=O)[C@@H](NC(=O)CCCCCn5cc(-c6cnc(SC(CC)CC)nc6)nn5)C(C)C)c3cc2O1)Cn1c-4cc2c(c1=O)COC(=O)[C@]2(O)CC. The minimum absolute atomic E-state index is 0.0104. The largest absolute Gasteiger partial charge is 0.458 e. The zero-order chi connectivity index (χ0) is 63.6. The highest BCUT2D eigenvalue weighted by Gasteiger charge is 2.46. The summed E-state index contributed by atoms with van der Waals surface area (Å²) in [4.78, 5) is 97.9. The number of amides is 4. The number of benzene rings is 1. The van der Waals surface area contributed by atoms with Crippen molar-refractivity contribution in [2.75, 3.05) is 39.5 Å².